The summed E-state index contributed by atoms with van der Waals surface area (Å²) in [5, 5.41) is 3.73. The van der Waals surface area contributed by atoms with Crippen molar-refractivity contribution >= 4 is 22.8 Å². The van der Waals surface area contributed by atoms with E-state index >= 15 is 0 Å². The predicted molar refractivity (Wildman–Crippen MR) is 97.3 cm³/mol. The molecule has 0 radical (unpaired) electrons. The molecule has 1 aromatic heterocycles. The topological polar surface area (TPSA) is 77.8 Å². The monoisotopic (exact) mass is 359 g/mol. The van der Waals surface area contributed by atoms with Gasteiger partial charge in [-0.1, -0.05) is 6.92 Å². The number of carbonyl (C=O) groups excluding carboxylic acids is 2. The Morgan fingerprint density at radius 2 is 1.96 bits per heavy atom. The van der Waals surface area contributed by atoms with Crippen molar-refractivity contribution in [3.05, 3.63) is 29.5 Å². The highest BCUT2D eigenvalue weighted by Gasteiger charge is 2.22. The summed E-state index contributed by atoms with van der Waals surface area (Å²) >= 11 is 0. The zero-order valence-corrected chi connectivity index (χ0v) is 15.5. The average molecular weight is 359 g/mol. The molecule has 0 saturated heterocycles. The Balaban J connectivity index is 1.58. The second-order valence-corrected chi connectivity index (χ2v) is 7.02. The number of amides is 1. The largest absolute Gasteiger partial charge is 0.497 e. The number of carbonyl (C=O) groups is 2. The molecular formula is C20H25NO5. The summed E-state index contributed by atoms with van der Waals surface area (Å²) in [7, 11) is 1.58. The fraction of sp³-hybridized carbons (Fsp3) is 0.500. The quantitative estimate of drug-likeness (QED) is 0.825. The van der Waals surface area contributed by atoms with Crippen molar-refractivity contribution in [2.45, 2.75) is 45.6 Å². The first-order chi connectivity index (χ1) is 12.5. The molecule has 1 saturated carbocycles. The maximum atomic E-state index is 12.3. The van der Waals surface area contributed by atoms with Gasteiger partial charge in [0.25, 0.3) is 5.91 Å². The smallest absolute Gasteiger partial charge is 0.375 e. The Morgan fingerprint density at radius 1 is 1.23 bits per heavy atom. The summed E-state index contributed by atoms with van der Waals surface area (Å²) in [5.41, 5.74) is 1.25. The van der Waals surface area contributed by atoms with Crippen LogP contribution in [0.1, 0.15) is 48.7 Å². The first-order valence-corrected chi connectivity index (χ1v) is 9.01. The number of methoxy groups -OCH3 is 1. The minimum absolute atomic E-state index is 0.118. The molecule has 1 amide bonds. The third-order valence-electron chi connectivity index (χ3n) is 5.04. The van der Waals surface area contributed by atoms with Gasteiger partial charge < -0.3 is 19.2 Å². The van der Waals surface area contributed by atoms with Gasteiger partial charge in [-0.05, 0) is 56.7 Å². The average Bonchev–Trinajstić information content (AvgIpc) is 2.98. The van der Waals surface area contributed by atoms with Gasteiger partial charge in [0.1, 0.15) is 11.3 Å². The Morgan fingerprint density at radius 3 is 2.65 bits per heavy atom. The summed E-state index contributed by atoms with van der Waals surface area (Å²) in [6.07, 6.45) is 4.19. The lowest BCUT2D eigenvalue weighted by Gasteiger charge is -2.26. The van der Waals surface area contributed by atoms with Crippen molar-refractivity contribution in [1.29, 1.82) is 0 Å². The summed E-state index contributed by atoms with van der Waals surface area (Å²) in [6.45, 7) is 3.71. The van der Waals surface area contributed by atoms with E-state index in [9.17, 15) is 9.59 Å². The van der Waals surface area contributed by atoms with Crippen LogP contribution in [-0.2, 0) is 9.53 Å². The van der Waals surface area contributed by atoms with Gasteiger partial charge in [-0.2, -0.15) is 0 Å². The van der Waals surface area contributed by atoms with Crippen molar-refractivity contribution in [2.75, 3.05) is 13.7 Å². The van der Waals surface area contributed by atoms with Crippen LogP contribution < -0.4 is 10.1 Å². The molecule has 0 bridgehead atoms. The molecule has 3 rings (SSSR count). The second kappa shape index (κ2) is 7.81. The van der Waals surface area contributed by atoms with Gasteiger partial charge in [0.15, 0.2) is 6.61 Å². The van der Waals surface area contributed by atoms with Crippen molar-refractivity contribution in [2.24, 2.45) is 5.92 Å². The zero-order valence-electron chi connectivity index (χ0n) is 15.5. The summed E-state index contributed by atoms with van der Waals surface area (Å²) in [4.78, 5) is 24.3. The molecule has 140 valence electrons. The molecule has 1 heterocycles. The third kappa shape index (κ3) is 4.00. The number of furan rings is 1. The van der Waals surface area contributed by atoms with Crippen molar-refractivity contribution in [3.63, 3.8) is 0 Å². The lowest BCUT2D eigenvalue weighted by molar-refractivity contribution is -0.125. The molecular weight excluding hydrogens is 334 g/mol. The Labute approximate surface area is 152 Å². The van der Waals surface area contributed by atoms with Crippen LogP contribution >= 0.6 is 0 Å². The molecule has 0 aliphatic heterocycles. The maximum Gasteiger partial charge on any atom is 0.375 e. The first-order valence-electron chi connectivity index (χ1n) is 9.01. The first kappa shape index (κ1) is 18.3. The van der Waals surface area contributed by atoms with E-state index in [0.717, 1.165) is 37.0 Å². The molecule has 2 aromatic rings. The Hall–Kier alpha value is -2.50. The zero-order chi connectivity index (χ0) is 18.7. The van der Waals surface area contributed by atoms with Crippen LogP contribution in [0, 0.1) is 12.8 Å². The predicted octanol–water partition coefficient (Wildman–Crippen LogP) is 3.60. The summed E-state index contributed by atoms with van der Waals surface area (Å²) < 4.78 is 15.9. The lowest BCUT2D eigenvalue weighted by atomic mass is 9.87. The lowest BCUT2D eigenvalue weighted by Crippen LogP contribution is -2.39. The molecule has 6 nitrogen and oxygen atoms in total. The van der Waals surface area contributed by atoms with Gasteiger partial charge in [0.05, 0.1) is 7.11 Å². The number of rotatable bonds is 5. The fourth-order valence-corrected chi connectivity index (χ4v) is 3.39. The van der Waals surface area contributed by atoms with Gasteiger partial charge in [0, 0.05) is 17.0 Å². The normalized spacial score (nSPS) is 20.0. The number of nitrogens with one attached hydrogen (secondary N) is 1. The molecule has 26 heavy (non-hydrogen) atoms. The van der Waals surface area contributed by atoms with Gasteiger partial charge in [-0.15, -0.1) is 0 Å². The number of fused-ring (bicyclic) bond motifs is 1. The number of hydrogen-bond acceptors (Lipinski definition) is 5. The van der Waals surface area contributed by atoms with E-state index < -0.39 is 5.97 Å². The van der Waals surface area contributed by atoms with Crippen molar-refractivity contribution in [3.8, 4) is 5.75 Å². The molecule has 1 aliphatic rings. The van der Waals surface area contributed by atoms with E-state index in [0.29, 0.717) is 16.9 Å². The van der Waals surface area contributed by atoms with E-state index in [2.05, 4.69) is 12.2 Å². The molecule has 1 aromatic carbocycles. The number of hydrogen-bond donors (Lipinski definition) is 1. The SMILES string of the molecule is COc1ccc2oc(C(=O)OCC(=O)NC3CCC(C)CC3)c(C)c2c1. The Kier molecular flexibility index (Phi) is 5.49. The van der Waals surface area contributed by atoms with Crippen molar-refractivity contribution < 1.29 is 23.5 Å². The van der Waals surface area contributed by atoms with Crippen LogP contribution in [0.15, 0.2) is 22.6 Å². The van der Waals surface area contributed by atoms with Crippen molar-refractivity contribution in [1.82, 2.24) is 5.32 Å². The molecule has 1 aliphatic carbocycles. The van der Waals surface area contributed by atoms with Crippen LogP contribution in [0.3, 0.4) is 0 Å². The van der Waals surface area contributed by atoms with Gasteiger partial charge >= 0.3 is 5.97 Å². The number of esters is 1. The highest BCUT2D eigenvalue weighted by molar-refractivity contribution is 5.97. The van der Waals surface area contributed by atoms with Crippen LogP contribution in [0.4, 0.5) is 0 Å². The second-order valence-electron chi connectivity index (χ2n) is 7.02. The van der Waals surface area contributed by atoms with E-state index in [1.165, 1.54) is 0 Å². The van der Waals surface area contributed by atoms with E-state index in [-0.39, 0.29) is 24.3 Å². The highest BCUT2D eigenvalue weighted by Crippen LogP contribution is 2.29. The van der Waals surface area contributed by atoms with Gasteiger partial charge in [-0.25, -0.2) is 4.79 Å². The standard InChI is InChI=1S/C20H25NO5/c1-12-4-6-14(7-5-12)21-18(22)11-25-20(23)19-13(2)16-10-15(24-3)8-9-17(16)26-19/h8-10,12,14H,4-7,11H2,1-3H3,(H,21,22). The third-order valence-corrected chi connectivity index (χ3v) is 5.04. The van der Waals surface area contributed by atoms with Crippen LogP contribution in [0.2, 0.25) is 0 Å². The van der Waals surface area contributed by atoms with E-state index in [1.54, 1.807) is 26.2 Å². The minimum atomic E-state index is -0.634. The summed E-state index contributed by atoms with van der Waals surface area (Å²) in [6, 6.07) is 5.49. The molecule has 0 unspecified atom stereocenters. The van der Waals surface area contributed by atoms with Gasteiger partial charge in [-0.3, -0.25) is 4.79 Å². The van der Waals surface area contributed by atoms with Gasteiger partial charge in [0.2, 0.25) is 5.76 Å². The number of aryl methyl sites for hydroxylation is 1. The highest BCUT2D eigenvalue weighted by atomic mass is 16.5. The minimum Gasteiger partial charge on any atom is -0.497 e. The van der Waals surface area contributed by atoms with Crippen LogP contribution in [0.25, 0.3) is 11.0 Å². The molecule has 1 fully saturated rings. The maximum absolute atomic E-state index is 12.3. The number of benzene rings is 1. The molecule has 0 spiro atoms. The van der Waals surface area contributed by atoms with E-state index in [4.69, 9.17) is 13.9 Å². The fourth-order valence-electron chi connectivity index (χ4n) is 3.39. The van der Waals surface area contributed by atoms with Crippen LogP contribution in [0.5, 0.6) is 5.75 Å². The van der Waals surface area contributed by atoms with E-state index in [1.807, 2.05) is 6.07 Å². The van der Waals surface area contributed by atoms with Crippen LogP contribution in [-0.4, -0.2) is 31.6 Å². The Bertz CT molecular complexity index is 802. The summed E-state index contributed by atoms with van der Waals surface area (Å²) in [5.74, 6) is 0.615. The number of ether oxygens (including phenoxy) is 2. The molecule has 6 heteroatoms. The molecule has 0 atom stereocenters. The molecule has 1 N–H and O–H groups in total.